The molecule has 7 nitrogen and oxygen atoms in total. The molecule has 0 radical (unpaired) electrons. The van der Waals surface area contributed by atoms with Crippen molar-refractivity contribution < 1.29 is 18.3 Å². The van der Waals surface area contributed by atoms with Crippen molar-refractivity contribution in [2.45, 2.75) is 32.6 Å². The van der Waals surface area contributed by atoms with Crippen LogP contribution in [0.4, 0.5) is 30.9 Å². The van der Waals surface area contributed by atoms with Crippen molar-refractivity contribution in [2.75, 3.05) is 43.5 Å². The van der Waals surface area contributed by atoms with Gasteiger partial charge in [0.2, 0.25) is 0 Å². The smallest absolute Gasteiger partial charge is 0.409 e. The first kappa shape index (κ1) is 22.7. The van der Waals surface area contributed by atoms with Gasteiger partial charge in [-0.25, -0.2) is 23.5 Å². The molecule has 1 aliphatic heterocycles. The Morgan fingerprint density at radius 3 is 2.77 bits per heavy atom. The molecule has 0 bridgehead atoms. The molecule has 9 heteroatoms. The zero-order valence-corrected chi connectivity index (χ0v) is 18.0. The molecule has 0 unspecified atom stereocenters. The van der Waals surface area contributed by atoms with Crippen LogP contribution < -0.4 is 10.2 Å². The van der Waals surface area contributed by atoms with Crippen LogP contribution in [0.5, 0.6) is 0 Å². The van der Waals surface area contributed by atoms with E-state index in [-0.39, 0.29) is 11.8 Å². The van der Waals surface area contributed by atoms with E-state index in [4.69, 9.17) is 4.74 Å². The monoisotopic (exact) mass is 433 g/mol. The maximum absolute atomic E-state index is 13.9. The highest BCUT2D eigenvalue weighted by Crippen LogP contribution is 2.24. The summed E-state index contributed by atoms with van der Waals surface area (Å²) in [6.45, 7) is 4.66. The molecule has 0 saturated carbocycles. The van der Waals surface area contributed by atoms with Crippen LogP contribution in [0.2, 0.25) is 0 Å². The number of benzene rings is 1. The molecule has 2 aromatic rings. The van der Waals surface area contributed by atoms with Gasteiger partial charge >= 0.3 is 6.09 Å². The van der Waals surface area contributed by atoms with Gasteiger partial charge < -0.3 is 19.9 Å². The number of amides is 1. The molecule has 0 spiro atoms. The van der Waals surface area contributed by atoms with Crippen LogP contribution in [0.1, 0.15) is 32.6 Å². The van der Waals surface area contributed by atoms with Crippen LogP contribution in [0.15, 0.2) is 30.6 Å². The molecule has 1 aromatic heterocycles. The number of piperidine rings is 1. The summed E-state index contributed by atoms with van der Waals surface area (Å²) in [5, 5.41) is 2.80. The number of carbonyl (C=O) groups excluding carboxylic acids is 1. The van der Waals surface area contributed by atoms with E-state index in [0.29, 0.717) is 37.3 Å². The van der Waals surface area contributed by atoms with Crippen molar-refractivity contribution in [2.24, 2.45) is 5.92 Å². The first-order valence-electron chi connectivity index (χ1n) is 10.6. The van der Waals surface area contributed by atoms with Crippen LogP contribution >= 0.6 is 0 Å². The number of aromatic nitrogens is 2. The third kappa shape index (κ3) is 6.50. The fourth-order valence-corrected chi connectivity index (χ4v) is 3.53. The predicted octanol–water partition coefficient (Wildman–Crippen LogP) is 4.58. The van der Waals surface area contributed by atoms with Gasteiger partial charge in [0.15, 0.2) is 0 Å². The molecule has 1 N–H and O–H groups in total. The van der Waals surface area contributed by atoms with E-state index in [0.717, 1.165) is 50.4 Å². The number of nitrogens with one attached hydrogen (secondary N) is 1. The van der Waals surface area contributed by atoms with Crippen molar-refractivity contribution in [3.63, 3.8) is 0 Å². The third-order valence-corrected chi connectivity index (χ3v) is 5.36. The SMILES string of the molecule is CCCCOC(=O)N1CCC(CN(C)c2cc(Nc3cc(F)ccc3F)ncn2)CC1. The van der Waals surface area contributed by atoms with E-state index < -0.39 is 11.6 Å². The second kappa shape index (κ2) is 10.9. The van der Waals surface area contributed by atoms with Gasteiger partial charge in [0.05, 0.1) is 12.3 Å². The molecule has 168 valence electrons. The van der Waals surface area contributed by atoms with E-state index >= 15 is 0 Å². The summed E-state index contributed by atoms with van der Waals surface area (Å²) in [6, 6.07) is 4.92. The second-order valence-corrected chi connectivity index (χ2v) is 7.79. The van der Waals surface area contributed by atoms with Gasteiger partial charge in [-0.2, -0.15) is 0 Å². The van der Waals surface area contributed by atoms with Gasteiger partial charge in [-0.05, 0) is 37.3 Å². The molecule has 31 heavy (non-hydrogen) atoms. The highest BCUT2D eigenvalue weighted by atomic mass is 19.1. The quantitative estimate of drug-likeness (QED) is 0.615. The minimum atomic E-state index is -0.560. The lowest BCUT2D eigenvalue weighted by Crippen LogP contribution is -2.41. The zero-order chi connectivity index (χ0) is 22.2. The highest BCUT2D eigenvalue weighted by Gasteiger charge is 2.24. The Morgan fingerprint density at radius 1 is 1.26 bits per heavy atom. The van der Waals surface area contributed by atoms with E-state index in [2.05, 4.69) is 22.2 Å². The minimum absolute atomic E-state index is 0.0190. The number of hydrogen-bond donors (Lipinski definition) is 1. The molecule has 0 aliphatic carbocycles. The molecule has 1 amide bonds. The lowest BCUT2D eigenvalue weighted by molar-refractivity contribution is 0.0872. The number of carbonyl (C=O) groups is 1. The molecule has 1 fully saturated rings. The normalized spacial score (nSPS) is 14.4. The first-order chi connectivity index (χ1) is 15.0. The van der Waals surface area contributed by atoms with Crippen molar-refractivity contribution in [1.29, 1.82) is 0 Å². The van der Waals surface area contributed by atoms with Crippen LogP contribution in [-0.4, -0.2) is 54.2 Å². The number of ether oxygens (including phenoxy) is 1. The summed E-state index contributed by atoms with van der Waals surface area (Å²) in [4.78, 5) is 24.2. The number of likely N-dealkylation sites (tertiary alicyclic amines) is 1. The van der Waals surface area contributed by atoms with Gasteiger partial charge in [-0.1, -0.05) is 13.3 Å². The van der Waals surface area contributed by atoms with Crippen molar-refractivity contribution >= 4 is 23.4 Å². The number of rotatable bonds is 8. The van der Waals surface area contributed by atoms with Crippen molar-refractivity contribution in [3.05, 3.63) is 42.2 Å². The first-order valence-corrected chi connectivity index (χ1v) is 10.6. The summed E-state index contributed by atoms with van der Waals surface area (Å²) in [6.07, 6.45) is 4.82. The third-order valence-electron chi connectivity index (χ3n) is 5.36. The zero-order valence-electron chi connectivity index (χ0n) is 18.0. The number of hydrogen-bond acceptors (Lipinski definition) is 6. The lowest BCUT2D eigenvalue weighted by atomic mass is 9.96. The van der Waals surface area contributed by atoms with Crippen LogP contribution in [-0.2, 0) is 4.74 Å². The Balaban J connectivity index is 1.52. The minimum Gasteiger partial charge on any atom is -0.449 e. The molecule has 1 saturated heterocycles. The fraction of sp³-hybridized carbons (Fsp3) is 0.500. The summed E-state index contributed by atoms with van der Waals surface area (Å²) < 4.78 is 32.6. The van der Waals surface area contributed by atoms with E-state index in [9.17, 15) is 13.6 Å². The highest BCUT2D eigenvalue weighted by molar-refractivity contribution is 5.67. The lowest BCUT2D eigenvalue weighted by Gasteiger charge is -2.33. The molecular weight excluding hydrogens is 404 g/mol. The van der Waals surface area contributed by atoms with Gasteiger partial charge in [0.1, 0.15) is 29.6 Å². The van der Waals surface area contributed by atoms with E-state index in [1.165, 1.54) is 6.33 Å². The number of halogens is 2. The number of nitrogens with zero attached hydrogens (tertiary/aromatic N) is 4. The van der Waals surface area contributed by atoms with Crippen LogP contribution in [0.3, 0.4) is 0 Å². The van der Waals surface area contributed by atoms with Crippen molar-refractivity contribution in [3.8, 4) is 0 Å². The fourth-order valence-electron chi connectivity index (χ4n) is 3.53. The largest absolute Gasteiger partial charge is 0.449 e. The Kier molecular flexibility index (Phi) is 7.97. The Hall–Kier alpha value is -2.97. The summed E-state index contributed by atoms with van der Waals surface area (Å²) in [5.74, 6) is 0.379. The van der Waals surface area contributed by atoms with Gasteiger partial charge in [-0.15, -0.1) is 0 Å². The average Bonchev–Trinajstić information content (AvgIpc) is 2.77. The van der Waals surface area contributed by atoms with Gasteiger partial charge in [0.25, 0.3) is 0 Å². The van der Waals surface area contributed by atoms with E-state index in [1.807, 2.05) is 11.9 Å². The van der Waals surface area contributed by atoms with Gasteiger partial charge in [0, 0.05) is 38.8 Å². The van der Waals surface area contributed by atoms with Gasteiger partial charge in [-0.3, -0.25) is 0 Å². The van der Waals surface area contributed by atoms with Crippen molar-refractivity contribution in [1.82, 2.24) is 14.9 Å². The maximum Gasteiger partial charge on any atom is 0.409 e. The molecule has 0 atom stereocenters. The van der Waals surface area contributed by atoms with Crippen LogP contribution in [0.25, 0.3) is 0 Å². The average molecular weight is 434 g/mol. The summed E-state index contributed by atoms with van der Waals surface area (Å²) in [7, 11) is 1.93. The Labute approximate surface area is 181 Å². The molecule has 1 aliphatic rings. The topological polar surface area (TPSA) is 70.6 Å². The number of unbranched alkanes of at least 4 members (excludes halogenated alkanes) is 1. The number of anilines is 3. The Bertz CT molecular complexity index is 875. The molecule has 3 rings (SSSR count). The standard InChI is InChI=1S/C22H29F2N5O2/c1-3-4-11-31-22(30)29-9-7-16(8-10-29)14-28(2)21-13-20(25-15-26-21)27-19-12-17(23)5-6-18(19)24/h5-6,12-13,15-16H,3-4,7-11,14H2,1-2H3,(H,25,26,27). The summed E-state index contributed by atoms with van der Waals surface area (Å²) >= 11 is 0. The Morgan fingerprint density at radius 2 is 2.03 bits per heavy atom. The molecular formula is C22H29F2N5O2. The van der Waals surface area contributed by atoms with Crippen LogP contribution in [0, 0.1) is 17.6 Å². The summed E-state index contributed by atoms with van der Waals surface area (Å²) in [5.41, 5.74) is 0.0190. The van der Waals surface area contributed by atoms with E-state index in [1.54, 1.807) is 11.0 Å². The predicted molar refractivity (Wildman–Crippen MR) is 115 cm³/mol. The second-order valence-electron chi connectivity index (χ2n) is 7.79. The maximum atomic E-state index is 13.9. The molecule has 1 aromatic carbocycles. The molecule has 2 heterocycles.